The topological polar surface area (TPSA) is 115 Å². The molecule has 1 atom stereocenters. The Kier molecular flexibility index (Phi) is 6.59. The maximum absolute atomic E-state index is 12.6. The van der Waals surface area contributed by atoms with Gasteiger partial charge in [0.25, 0.3) is 0 Å². The molecule has 31 heavy (non-hydrogen) atoms. The summed E-state index contributed by atoms with van der Waals surface area (Å²) >= 11 is 0. The van der Waals surface area contributed by atoms with Gasteiger partial charge < -0.3 is 24.3 Å². The first kappa shape index (κ1) is 21.9. The third-order valence-corrected chi connectivity index (χ3v) is 5.03. The maximum Gasteiger partial charge on any atom is 0.340 e. The Balaban J connectivity index is 1.89. The van der Waals surface area contributed by atoms with E-state index in [1.165, 1.54) is 14.2 Å². The van der Waals surface area contributed by atoms with E-state index in [-0.39, 0.29) is 24.0 Å². The molecular formula is C23H23NO7. The zero-order valence-electron chi connectivity index (χ0n) is 17.4. The number of aryl methyl sites for hydroxylation is 1. The normalized spacial score (nSPS) is 11.7. The molecule has 0 aliphatic rings. The molecular weight excluding hydrogens is 402 g/mol. The minimum absolute atomic E-state index is 0.126. The lowest BCUT2D eigenvalue weighted by Crippen LogP contribution is -2.43. The van der Waals surface area contributed by atoms with Crippen molar-refractivity contribution in [3.05, 3.63) is 69.6 Å². The number of hydrogen-bond donors (Lipinski definition) is 2. The summed E-state index contributed by atoms with van der Waals surface area (Å²) in [7, 11) is 2.96. The van der Waals surface area contributed by atoms with Gasteiger partial charge in [-0.2, -0.15) is 0 Å². The molecule has 0 bridgehead atoms. The Morgan fingerprint density at radius 2 is 1.84 bits per heavy atom. The van der Waals surface area contributed by atoms with Crippen molar-refractivity contribution in [1.29, 1.82) is 0 Å². The predicted molar refractivity (Wildman–Crippen MR) is 114 cm³/mol. The minimum Gasteiger partial charge on any atom is -0.496 e. The Bertz CT molecular complexity index is 1170. The van der Waals surface area contributed by atoms with Crippen molar-refractivity contribution >= 4 is 22.8 Å². The lowest BCUT2D eigenvalue weighted by molar-refractivity contribution is -0.141. The van der Waals surface area contributed by atoms with E-state index in [0.717, 1.165) is 5.56 Å². The number of ether oxygens (including phenoxy) is 2. The molecule has 1 heterocycles. The maximum atomic E-state index is 12.6. The second kappa shape index (κ2) is 9.34. The van der Waals surface area contributed by atoms with Gasteiger partial charge in [0.1, 0.15) is 23.1 Å². The van der Waals surface area contributed by atoms with Gasteiger partial charge >= 0.3 is 11.6 Å². The summed E-state index contributed by atoms with van der Waals surface area (Å²) in [6.45, 7) is 1.69. The smallest absolute Gasteiger partial charge is 0.340 e. The van der Waals surface area contributed by atoms with Crippen molar-refractivity contribution in [1.82, 2.24) is 5.32 Å². The van der Waals surface area contributed by atoms with Crippen LogP contribution in [-0.2, 0) is 22.4 Å². The fraction of sp³-hybridized carbons (Fsp3) is 0.261. The summed E-state index contributed by atoms with van der Waals surface area (Å²) in [5.74, 6) is -0.855. The molecule has 2 N–H and O–H groups in total. The highest BCUT2D eigenvalue weighted by Crippen LogP contribution is 2.33. The molecule has 8 nitrogen and oxygen atoms in total. The second-order valence-corrected chi connectivity index (χ2v) is 7.02. The summed E-state index contributed by atoms with van der Waals surface area (Å²) in [6.07, 6.45) is -0.196. The van der Waals surface area contributed by atoms with E-state index in [2.05, 4.69) is 5.32 Å². The van der Waals surface area contributed by atoms with Crippen LogP contribution in [0.15, 0.2) is 51.7 Å². The average Bonchev–Trinajstić information content (AvgIpc) is 2.75. The lowest BCUT2D eigenvalue weighted by Gasteiger charge is -2.16. The number of rotatable bonds is 8. The van der Waals surface area contributed by atoms with Crippen molar-refractivity contribution in [3.8, 4) is 11.5 Å². The van der Waals surface area contributed by atoms with Crippen molar-refractivity contribution in [2.75, 3.05) is 14.2 Å². The number of fused-ring (bicyclic) bond motifs is 1. The summed E-state index contributed by atoms with van der Waals surface area (Å²) in [5.41, 5.74) is 1.03. The molecule has 8 heteroatoms. The summed E-state index contributed by atoms with van der Waals surface area (Å²) < 4.78 is 16.0. The molecule has 162 valence electrons. The minimum atomic E-state index is -1.16. The van der Waals surface area contributed by atoms with Crippen LogP contribution < -0.4 is 20.4 Å². The Morgan fingerprint density at radius 1 is 1.13 bits per heavy atom. The van der Waals surface area contributed by atoms with Crippen LogP contribution >= 0.6 is 0 Å². The number of benzene rings is 2. The Morgan fingerprint density at radius 3 is 2.45 bits per heavy atom. The number of methoxy groups -OCH3 is 2. The molecule has 0 saturated carbocycles. The highest BCUT2D eigenvalue weighted by atomic mass is 16.5. The van der Waals surface area contributed by atoms with Gasteiger partial charge in [-0.3, -0.25) is 4.79 Å². The van der Waals surface area contributed by atoms with E-state index < -0.39 is 23.5 Å². The highest BCUT2D eigenvalue weighted by Gasteiger charge is 2.23. The number of aliphatic carboxylic acids is 1. The number of carbonyl (C=O) groups excluding carboxylic acids is 1. The zero-order chi connectivity index (χ0) is 22.5. The summed E-state index contributed by atoms with van der Waals surface area (Å²) in [5, 5.41) is 12.5. The SMILES string of the molecule is COc1cc(OC)c2c(C)c(CC(=O)N[C@@H](Cc3ccccc3)C(=O)O)c(=O)oc2c1. The molecule has 0 radical (unpaired) electrons. The molecule has 0 aliphatic carbocycles. The predicted octanol–water partition coefficient (Wildman–Crippen LogP) is 2.47. The molecule has 3 rings (SSSR count). The molecule has 0 aliphatic heterocycles. The van der Waals surface area contributed by atoms with Crippen LogP contribution in [0.2, 0.25) is 0 Å². The van der Waals surface area contributed by atoms with Gasteiger partial charge in [-0.25, -0.2) is 9.59 Å². The molecule has 0 spiro atoms. The average molecular weight is 425 g/mol. The van der Waals surface area contributed by atoms with Gasteiger partial charge in [0.2, 0.25) is 5.91 Å². The first-order valence-corrected chi connectivity index (χ1v) is 9.58. The fourth-order valence-corrected chi connectivity index (χ4v) is 3.42. The first-order chi connectivity index (χ1) is 14.8. The van der Waals surface area contributed by atoms with Crippen LogP contribution in [0.1, 0.15) is 16.7 Å². The van der Waals surface area contributed by atoms with Gasteiger partial charge in [-0.1, -0.05) is 30.3 Å². The van der Waals surface area contributed by atoms with Crippen molar-refractivity contribution in [3.63, 3.8) is 0 Å². The van der Waals surface area contributed by atoms with E-state index >= 15 is 0 Å². The standard InChI is InChI=1S/C23H23NO7/c1-13-16(23(28)31-19-11-15(29-2)10-18(30-3)21(13)19)12-20(25)24-17(22(26)27)9-14-7-5-4-6-8-14/h4-8,10-11,17H,9,12H2,1-3H3,(H,24,25)(H,26,27)/t17-/m0/s1. The third kappa shape index (κ3) is 4.85. The van der Waals surface area contributed by atoms with Crippen LogP contribution in [0.4, 0.5) is 0 Å². The van der Waals surface area contributed by atoms with Crippen LogP contribution in [-0.4, -0.2) is 37.2 Å². The quantitative estimate of drug-likeness (QED) is 0.533. The number of carbonyl (C=O) groups is 2. The fourth-order valence-electron chi connectivity index (χ4n) is 3.42. The molecule has 2 aromatic carbocycles. The Labute approximate surface area is 178 Å². The van der Waals surface area contributed by atoms with Gasteiger partial charge in [-0.05, 0) is 18.1 Å². The van der Waals surface area contributed by atoms with Crippen LogP contribution in [0, 0.1) is 6.92 Å². The Hall–Kier alpha value is -3.81. The van der Waals surface area contributed by atoms with E-state index in [0.29, 0.717) is 22.4 Å². The second-order valence-electron chi connectivity index (χ2n) is 7.02. The van der Waals surface area contributed by atoms with Gasteiger partial charge in [0, 0.05) is 18.6 Å². The van der Waals surface area contributed by atoms with E-state index in [9.17, 15) is 19.5 Å². The van der Waals surface area contributed by atoms with Crippen molar-refractivity contribution in [2.45, 2.75) is 25.8 Å². The largest absolute Gasteiger partial charge is 0.496 e. The number of hydrogen-bond acceptors (Lipinski definition) is 6. The molecule has 0 saturated heterocycles. The lowest BCUT2D eigenvalue weighted by atomic mass is 10.0. The van der Waals surface area contributed by atoms with Crippen LogP contribution in [0.3, 0.4) is 0 Å². The molecule has 0 unspecified atom stereocenters. The third-order valence-electron chi connectivity index (χ3n) is 5.03. The van der Waals surface area contributed by atoms with E-state index in [1.54, 1.807) is 43.3 Å². The number of amides is 1. The van der Waals surface area contributed by atoms with E-state index in [4.69, 9.17) is 13.9 Å². The summed E-state index contributed by atoms with van der Waals surface area (Å²) in [6, 6.07) is 11.1. The first-order valence-electron chi connectivity index (χ1n) is 9.58. The molecule has 1 amide bonds. The molecule has 0 fully saturated rings. The van der Waals surface area contributed by atoms with E-state index in [1.807, 2.05) is 6.07 Å². The zero-order valence-corrected chi connectivity index (χ0v) is 17.4. The number of nitrogens with one attached hydrogen (secondary N) is 1. The number of carboxylic acids is 1. The summed E-state index contributed by atoms with van der Waals surface area (Å²) in [4.78, 5) is 36.8. The monoisotopic (exact) mass is 425 g/mol. The van der Waals surface area contributed by atoms with Crippen molar-refractivity contribution < 1.29 is 28.6 Å². The highest BCUT2D eigenvalue weighted by molar-refractivity contribution is 5.91. The van der Waals surface area contributed by atoms with Gasteiger partial charge in [0.05, 0.1) is 31.6 Å². The molecule has 1 aromatic heterocycles. The van der Waals surface area contributed by atoms with Gasteiger partial charge in [0.15, 0.2) is 0 Å². The number of carboxylic acid groups (broad SMARTS) is 1. The van der Waals surface area contributed by atoms with Crippen LogP contribution in [0.5, 0.6) is 11.5 Å². The van der Waals surface area contributed by atoms with Crippen LogP contribution in [0.25, 0.3) is 11.0 Å². The van der Waals surface area contributed by atoms with Gasteiger partial charge in [-0.15, -0.1) is 0 Å². The van der Waals surface area contributed by atoms with Crippen molar-refractivity contribution in [2.24, 2.45) is 0 Å². The molecule has 3 aromatic rings.